The van der Waals surface area contributed by atoms with Crippen molar-refractivity contribution in [1.82, 2.24) is 14.5 Å². The number of likely N-dealkylation sites (N-methyl/N-ethyl adjacent to an activating group) is 1. The van der Waals surface area contributed by atoms with Gasteiger partial charge in [0.2, 0.25) is 21.8 Å². The van der Waals surface area contributed by atoms with E-state index in [0.29, 0.717) is 24.6 Å². The Morgan fingerprint density at radius 1 is 1.00 bits per heavy atom. The van der Waals surface area contributed by atoms with E-state index in [4.69, 9.17) is 4.74 Å². The topological polar surface area (TPSA) is 96.0 Å². The van der Waals surface area contributed by atoms with Crippen molar-refractivity contribution in [3.8, 4) is 5.75 Å². The van der Waals surface area contributed by atoms with E-state index in [1.165, 1.54) is 11.9 Å². The Balaban J connectivity index is 2.41. The highest BCUT2D eigenvalue weighted by atomic mass is 32.2. The molecule has 2 rings (SSSR count). The predicted octanol–water partition coefficient (Wildman–Crippen LogP) is 2.69. The number of carbonyl (C=O) groups excluding carboxylic acids is 2. The zero-order valence-electron chi connectivity index (χ0n) is 21.2. The van der Waals surface area contributed by atoms with Gasteiger partial charge in [0, 0.05) is 26.6 Å². The largest absolute Gasteiger partial charge is 0.497 e. The first-order valence-corrected chi connectivity index (χ1v) is 13.5. The number of nitrogens with zero attached hydrogens (tertiary/aromatic N) is 2. The van der Waals surface area contributed by atoms with Crippen molar-refractivity contribution in [2.75, 3.05) is 33.5 Å². The Morgan fingerprint density at radius 3 is 2.17 bits per heavy atom. The molecule has 0 spiro atoms. The second-order valence-electron chi connectivity index (χ2n) is 9.07. The number of carbonyl (C=O) groups is 2. The average molecular weight is 504 g/mol. The number of hydrogen-bond donors (Lipinski definition) is 1. The maximum atomic E-state index is 13.5. The first-order chi connectivity index (χ1) is 16.5. The van der Waals surface area contributed by atoms with Crippen LogP contribution < -0.4 is 10.1 Å². The number of rotatable bonds is 13. The number of methoxy groups -OCH3 is 1. The summed E-state index contributed by atoms with van der Waals surface area (Å²) in [7, 11) is -0.646. The summed E-state index contributed by atoms with van der Waals surface area (Å²) in [6.45, 7) is 4.44. The van der Waals surface area contributed by atoms with E-state index in [1.54, 1.807) is 19.2 Å². The molecule has 2 amide bonds. The molecule has 0 bridgehead atoms. The normalized spacial score (nSPS) is 12.4. The highest BCUT2D eigenvalue weighted by molar-refractivity contribution is 7.88. The molecule has 0 saturated carbocycles. The van der Waals surface area contributed by atoms with Gasteiger partial charge in [0.05, 0.1) is 19.9 Å². The molecule has 0 heterocycles. The number of hydrogen-bond acceptors (Lipinski definition) is 5. The van der Waals surface area contributed by atoms with Crippen LogP contribution in [0.5, 0.6) is 5.75 Å². The van der Waals surface area contributed by atoms with Crippen molar-refractivity contribution >= 4 is 21.8 Å². The van der Waals surface area contributed by atoms with Crippen molar-refractivity contribution < 1.29 is 22.7 Å². The van der Waals surface area contributed by atoms with Crippen LogP contribution in [0.15, 0.2) is 54.6 Å². The predicted molar refractivity (Wildman–Crippen MR) is 137 cm³/mol. The van der Waals surface area contributed by atoms with Gasteiger partial charge in [-0.15, -0.1) is 0 Å². The second kappa shape index (κ2) is 13.3. The third-order valence-corrected chi connectivity index (χ3v) is 6.99. The molecule has 8 nitrogen and oxygen atoms in total. The Labute approximate surface area is 209 Å². The number of benzene rings is 2. The summed E-state index contributed by atoms with van der Waals surface area (Å²) < 4.78 is 30.2. The first kappa shape index (κ1) is 28.3. The van der Waals surface area contributed by atoms with Gasteiger partial charge in [0.25, 0.3) is 0 Å². The van der Waals surface area contributed by atoms with E-state index in [-0.39, 0.29) is 19.0 Å². The average Bonchev–Trinajstić information content (AvgIpc) is 2.81. The van der Waals surface area contributed by atoms with Crippen LogP contribution in [0.4, 0.5) is 0 Å². The molecule has 0 aliphatic carbocycles. The van der Waals surface area contributed by atoms with Gasteiger partial charge in [-0.2, -0.15) is 4.31 Å². The number of nitrogens with one attached hydrogen (secondary N) is 1. The maximum Gasteiger partial charge on any atom is 0.243 e. The van der Waals surface area contributed by atoms with Gasteiger partial charge >= 0.3 is 0 Å². The highest BCUT2D eigenvalue weighted by Crippen LogP contribution is 2.18. The maximum absolute atomic E-state index is 13.5. The van der Waals surface area contributed by atoms with Crippen LogP contribution in [-0.2, 0) is 32.6 Å². The van der Waals surface area contributed by atoms with Crippen LogP contribution in [0.25, 0.3) is 0 Å². The van der Waals surface area contributed by atoms with Gasteiger partial charge in [-0.3, -0.25) is 9.59 Å². The summed E-state index contributed by atoms with van der Waals surface area (Å²) in [5.74, 6) is 0.381. The molecular weight excluding hydrogens is 466 g/mol. The molecule has 0 radical (unpaired) electrons. The lowest BCUT2D eigenvalue weighted by molar-refractivity contribution is -0.141. The van der Waals surface area contributed by atoms with E-state index in [1.807, 2.05) is 42.5 Å². The van der Waals surface area contributed by atoms with E-state index in [0.717, 1.165) is 28.1 Å². The van der Waals surface area contributed by atoms with E-state index >= 15 is 0 Å². The van der Waals surface area contributed by atoms with Gasteiger partial charge < -0.3 is 15.0 Å². The van der Waals surface area contributed by atoms with E-state index in [2.05, 4.69) is 19.2 Å². The van der Waals surface area contributed by atoms with Gasteiger partial charge in [0.1, 0.15) is 11.8 Å². The molecule has 0 aliphatic heterocycles. The summed E-state index contributed by atoms with van der Waals surface area (Å²) in [6.07, 6.45) is 2.17. The number of sulfonamides is 1. The molecule has 0 saturated heterocycles. The van der Waals surface area contributed by atoms with E-state index in [9.17, 15) is 18.0 Å². The molecule has 2 aromatic rings. The molecule has 0 aliphatic rings. The summed E-state index contributed by atoms with van der Waals surface area (Å²) in [5, 5.41) is 2.97. The minimum Gasteiger partial charge on any atom is -0.497 e. The SMILES string of the molecule is COc1ccc(CN(C(=O)CN(C)S(C)(=O)=O)[C@H](Cc2ccccc2)C(=O)NCCC(C)C)cc1. The van der Waals surface area contributed by atoms with Gasteiger partial charge in [-0.05, 0) is 35.6 Å². The van der Waals surface area contributed by atoms with Crippen molar-refractivity contribution in [3.63, 3.8) is 0 Å². The van der Waals surface area contributed by atoms with Gasteiger partial charge in [-0.25, -0.2) is 8.42 Å². The van der Waals surface area contributed by atoms with E-state index < -0.39 is 22.0 Å². The highest BCUT2D eigenvalue weighted by Gasteiger charge is 2.31. The summed E-state index contributed by atoms with van der Waals surface area (Å²) >= 11 is 0. The fourth-order valence-electron chi connectivity index (χ4n) is 3.48. The van der Waals surface area contributed by atoms with Crippen LogP contribution in [-0.4, -0.2) is 69.0 Å². The molecule has 35 heavy (non-hydrogen) atoms. The fraction of sp³-hybridized carbons (Fsp3) is 0.462. The molecule has 0 aromatic heterocycles. The quantitative estimate of drug-likeness (QED) is 0.453. The minimum atomic E-state index is -3.57. The third kappa shape index (κ3) is 9.33. The summed E-state index contributed by atoms with van der Waals surface area (Å²) in [6, 6.07) is 15.9. The second-order valence-corrected chi connectivity index (χ2v) is 11.2. The number of ether oxygens (including phenoxy) is 1. The summed E-state index contributed by atoms with van der Waals surface area (Å²) in [5.41, 5.74) is 1.70. The smallest absolute Gasteiger partial charge is 0.243 e. The minimum absolute atomic E-state index is 0.148. The molecule has 9 heteroatoms. The molecule has 1 N–H and O–H groups in total. The zero-order valence-corrected chi connectivity index (χ0v) is 22.0. The van der Waals surface area contributed by atoms with Crippen LogP contribution in [0.3, 0.4) is 0 Å². The number of amides is 2. The van der Waals surface area contributed by atoms with Crippen molar-refractivity contribution in [2.45, 2.75) is 39.3 Å². The van der Waals surface area contributed by atoms with Gasteiger partial charge in [-0.1, -0.05) is 56.3 Å². The molecule has 192 valence electrons. The molecule has 0 fully saturated rings. The Kier molecular flexibility index (Phi) is 10.7. The van der Waals surface area contributed by atoms with Crippen molar-refractivity contribution in [3.05, 3.63) is 65.7 Å². The monoisotopic (exact) mass is 503 g/mol. The van der Waals surface area contributed by atoms with Crippen molar-refractivity contribution in [2.24, 2.45) is 5.92 Å². The molecule has 2 aromatic carbocycles. The van der Waals surface area contributed by atoms with Crippen LogP contribution in [0, 0.1) is 5.92 Å². The van der Waals surface area contributed by atoms with Crippen LogP contribution in [0.1, 0.15) is 31.4 Å². The lowest BCUT2D eigenvalue weighted by atomic mass is 10.0. The lowest BCUT2D eigenvalue weighted by Gasteiger charge is -2.32. The third-order valence-electron chi connectivity index (χ3n) is 5.73. The van der Waals surface area contributed by atoms with Crippen LogP contribution >= 0.6 is 0 Å². The molecule has 0 unspecified atom stereocenters. The molecular formula is C26H37N3O5S. The lowest BCUT2D eigenvalue weighted by Crippen LogP contribution is -2.53. The zero-order chi connectivity index (χ0) is 26.0. The Morgan fingerprint density at radius 2 is 1.63 bits per heavy atom. The van der Waals surface area contributed by atoms with Crippen LogP contribution in [0.2, 0.25) is 0 Å². The summed E-state index contributed by atoms with van der Waals surface area (Å²) in [4.78, 5) is 28.3. The van der Waals surface area contributed by atoms with Gasteiger partial charge in [0.15, 0.2) is 0 Å². The van der Waals surface area contributed by atoms with Crippen molar-refractivity contribution in [1.29, 1.82) is 0 Å². The fourth-order valence-corrected chi connectivity index (χ4v) is 3.83. The Hall–Kier alpha value is -2.91. The standard InChI is InChI=1S/C26H37N3O5S/c1-20(2)15-16-27-26(31)24(17-21-9-7-6-8-10-21)29(25(30)19-28(3)35(5,32)33)18-22-11-13-23(34-4)14-12-22/h6-14,20,24H,15-19H2,1-5H3,(H,27,31)/t24-/m1/s1. The molecule has 1 atom stereocenters. The first-order valence-electron chi connectivity index (χ1n) is 11.7. The Bertz CT molecular complexity index is 1060.